The van der Waals surface area contributed by atoms with Crippen molar-refractivity contribution >= 4 is 27.1 Å². The van der Waals surface area contributed by atoms with Gasteiger partial charge in [-0.2, -0.15) is 0 Å². The van der Waals surface area contributed by atoms with E-state index in [1.54, 1.807) is 54.0 Å². The number of aromatic nitrogens is 1. The molecule has 0 fully saturated rings. The maximum absolute atomic E-state index is 13.1. The van der Waals surface area contributed by atoms with Crippen LogP contribution in [0.15, 0.2) is 64.4 Å². The molecule has 7 nitrogen and oxygen atoms in total. The zero-order valence-electron chi connectivity index (χ0n) is 16.6. The second-order valence-corrected chi connectivity index (χ2v) is 9.73. The molecule has 2 heterocycles. The van der Waals surface area contributed by atoms with Gasteiger partial charge in [-0.3, -0.25) is 9.78 Å². The largest absolute Gasteiger partial charge is 0.493 e. The highest BCUT2D eigenvalue weighted by Crippen LogP contribution is 2.31. The maximum Gasteiger partial charge on any atom is 0.224 e. The van der Waals surface area contributed by atoms with E-state index in [0.29, 0.717) is 17.1 Å². The quantitative estimate of drug-likeness (QED) is 0.543. The number of hydrogen-bond donors (Lipinski definition) is 1. The smallest absolute Gasteiger partial charge is 0.224 e. The Hall–Kier alpha value is -2.91. The van der Waals surface area contributed by atoms with Gasteiger partial charge >= 0.3 is 0 Å². The van der Waals surface area contributed by atoms with Crippen LogP contribution in [0.2, 0.25) is 0 Å². The van der Waals surface area contributed by atoms with Gasteiger partial charge in [0.15, 0.2) is 21.3 Å². The number of benzene rings is 1. The second-order valence-electron chi connectivity index (χ2n) is 6.42. The number of rotatable bonds is 9. The van der Waals surface area contributed by atoms with E-state index in [9.17, 15) is 13.2 Å². The van der Waals surface area contributed by atoms with Crippen molar-refractivity contribution in [2.45, 2.75) is 15.9 Å². The number of carbonyl (C=O) groups excluding carboxylic acids is 1. The highest BCUT2D eigenvalue weighted by Gasteiger charge is 2.30. The minimum absolute atomic E-state index is 0.0575. The molecule has 0 aliphatic heterocycles. The molecule has 9 heteroatoms. The van der Waals surface area contributed by atoms with Crippen LogP contribution in [-0.4, -0.2) is 40.1 Å². The Morgan fingerprint density at radius 2 is 1.93 bits per heavy atom. The second kappa shape index (κ2) is 9.73. The predicted octanol–water partition coefficient (Wildman–Crippen LogP) is 3.03. The molecule has 0 radical (unpaired) electrons. The maximum atomic E-state index is 13.1. The highest BCUT2D eigenvalue weighted by atomic mass is 32.2. The highest BCUT2D eigenvalue weighted by molar-refractivity contribution is 7.93. The number of nitrogens with one attached hydrogen (secondary N) is 1. The number of pyridine rings is 1. The number of carbonyl (C=O) groups is 1. The fraction of sp³-hybridized carbons (Fsp3) is 0.238. The van der Waals surface area contributed by atoms with Crippen molar-refractivity contribution < 1.29 is 22.7 Å². The first-order valence-electron chi connectivity index (χ1n) is 9.10. The van der Waals surface area contributed by atoms with Crippen molar-refractivity contribution in [3.8, 4) is 11.5 Å². The zero-order chi connectivity index (χ0) is 21.6. The lowest BCUT2D eigenvalue weighted by atomic mass is 10.1. The molecule has 0 spiro atoms. The Labute approximate surface area is 179 Å². The summed E-state index contributed by atoms with van der Waals surface area (Å²) in [5.74, 6) is 0.800. The van der Waals surface area contributed by atoms with Gasteiger partial charge < -0.3 is 14.8 Å². The summed E-state index contributed by atoms with van der Waals surface area (Å²) in [4.78, 5) is 16.6. The molecule has 1 unspecified atom stereocenters. The average Bonchev–Trinajstić information content (AvgIpc) is 3.30. The molecule has 0 aliphatic carbocycles. The summed E-state index contributed by atoms with van der Waals surface area (Å²) in [6.07, 6.45) is 3.17. The zero-order valence-corrected chi connectivity index (χ0v) is 18.2. The summed E-state index contributed by atoms with van der Waals surface area (Å²) >= 11 is 1.15. The van der Waals surface area contributed by atoms with Crippen molar-refractivity contribution in [2.24, 2.45) is 0 Å². The molecule has 1 N–H and O–H groups in total. The summed E-state index contributed by atoms with van der Waals surface area (Å²) < 4.78 is 37.0. The third kappa shape index (κ3) is 4.98. The Morgan fingerprint density at radius 3 is 2.57 bits per heavy atom. The van der Waals surface area contributed by atoms with Crippen molar-refractivity contribution in [3.05, 3.63) is 71.4 Å². The lowest BCUT2D eigenvalue weighted by molar-refractivity contribution is -0.120. The summed E-state index contributed by atoms with van der Waals surface area (Å²) in [5, 5.41) is 3.53. The van der Waals surface area contributed by atoms with Crippen LogP contribution in [0.3, 0.4) is 0 Å². The molecule has 0 bridgehead atoms. The van der Waals surface area contributed by atoms with E-state index in [2.05, 4.69) is 10.3 Å². The number of methoxy groups -OCH3 is 2. The van der Waals surface area contributed by atoms with Crippen LogP contribution in [0.1, 0.15) is 16.4 Å². The van der Waals surface area contributed by atoms with E-state index in [-0.39, 0.29) is 23.1 Å². The number of amides is 1. The normalized spacial score (nSPS) is 12.2. The van der Waals surface area contributed by atoms with Gasteiger partial charge in [-0.15, -0.1) is 11.3 Å². The van der Waals surface area contributed by atoms with Gasteiger partial charge in [0.2, 0.25) is 5.91 Å². The number of nitrogens with zero attached hydrogens (tertiary/aromatic N) is 1. The molecule has 3 aromatic rings. The van der Waals surface area contributed by atoms with Crippen LogP contribution in [0.5, 0.6) is 11.5 Å². The molecule has 158 valence electrons. The van der Waals surface area contributed by atoms with Gasteiger partial charge in [-0.1, -0.05) is 18.2 Å². The monoisotopic (exact) mass is 446 g/mol. The van der Waals surface area contributed by atoms with Gasteiger partial charge in [0, 0.05) is 18.9 Å². The number of sulfone groups is 1. The van der Waals surface area contributed by atoms with Crippen LogP contribution in [0, 0.1) is 0 Å². The predicted molar refractivity (Wildman–Crippen MR) is 115 cm³/mol. The van der Waals surface area contributed by atoms with Gasteiger partial charge in [0.05, 0.1) is 20.6 Å². The molecule has 0 saturated carbocycles. The van der Waals surface area contributed by atoms with Crippen LogP contribution in [0.4, 0.5) is 0 Å². The van der Waals surface area contributed by atoms with E-state index in [4.69, 9.17) is 9.47 Å². The Balaban J connectivity index is 1.75. The third-order valence-electron chi connectivity index (χ3n) is 4.50. The third-order valence-corrected chi connectivity index (χ3v) is 8.04. The fourth-order valence-electron chi connectivity index (χ4n) is 2.98. The van der Waals surface area contributed by atoms with Crippen LogP contribution in [0.25, 0.3) is 0 Å². The minimum Gasteiger partial charge on any atom is -0.493 e. The molecule has 30 heavy (non-hydrogen) atoms. The Bertz CT molecular complexity index is 1080. The topological polar surface area (TPSA) is 94.6 Å². The SMILES string of the molecule is COc1ccc(CC(=O)NCC(c2cccnc2)S(=O)(=O)c2cccs2)cc1OC. The van der Waals surface area contributed by atoms with Gasteiger partial charge in [-0.25, -0.2) is 8.42 Å². The summed E-state index contributed by atoms with van der Waals surface area (Å²) in [6, 6.07) is 11.8. The summed E-state index contributed by atoms with van der Waals surface area (Å²) in [7, 11) is -0.610. The van der Waals surface area contributed by atoms with E-state index in [0.717, 1.165) is 16.9 Å². The fourth-order valence-corrected chi connectivity index (χ4v) is 5.83. The number of hydrogen-bond acceptors (Lipinski definition) is 7. The Kier molecular flexibility index (Phi) is 7.07. The van der Waals surface area contributed by atoms with E-state index in [1.165, 1.54) is 20.4 Å². The van der Waals surface area contributed by atoms with Gasteiger partial charge in [0.1, 0.15) is 9.46 Å². The van der Waals surface area contributed by atoms with E-state index < -0.39 is 15.1 Å². The lowest BCUT2D eigenvalue weighted by Gasteiger charge is -2.18. The first-order chi connectivity index (χ1) is 14.5. The van der Waals surface area contributed by atoms with E-state index in [1.807, 2.05) is 0 Å². The lowest BCUT2D eigenvalue weighted by Crippen LogP contribution is -2.32. The van der Waals surface area contributed by atoms with Crippen molar-refractivity contribution in [3.63, 3.8) is 0 Å². The molecule has 2 aromatic heterocycles. The Morgan fingerprint density at radius 1 is 1.13 bits per heavy atom. The average molecular weight is 447 g/mol. The first-order valence-corrected chi connectivity index (χ1v) is 11.5. The van der Waals surface area contributed by atoms with Gasteiger partial charge in [-0.05, 0) is 40.8 Å². The molecule has 1 atom stereocenters. The number of ether oxygens (including phenoxy) is 2. The molecule has 1 amide bonds. The standard InChI is InChI=1S/C21H22N2O5S2/c1-27-17-8-7-15(11-18(17)28-2)12-20(24)23-14-19(16-5-3-9-22-13-16)30(25,26)21-6-4-10-29-21/h3-11,13,19H,12,14H2,1-2H3,(H,23,24). The minimum atomic E-state index is -3.67. The van der Waals surface area contributed by atoms with E-state index >= 15 is 0 Å². The van der Waals surface area contributed by atoms with Gasteiger partial charge in [0.25, 0.3) is 0 Å². The molecular weight excluding hydrogens is 424 g/mol. The van der Waals surface area contributed by atoms with Crippen molar-refractivity contribution in [1.82, 2.24) is 10.3 Å². The molecular formula is C21H22N2O5S2. The van der Waals surface area contributed by atoms with Crippen molar-refractivity contribution in [1.29, 1.82) is 0 Å². The van der Waals surface area contributed by atoms with Crippen LogP contribution >= 0.6 is 11.3 Å². The summed E-state index contributed by atoms with van der Waals surface area (Å²) in [6.45, 7) is -0.0575. The first kappa shape index (κ1) is 21.8. The summed E-state index contributed by atoms with van der Waals surface area (Å²) in [5.41, 5.74) is 1.25. The van der Waals surface area contributed by atoms with Crippen LogP contribution in [-0.2, 0) is 21.1 Å². The molecule has 3 rings (SSSR count). The van der Waals surface area contributed by atoms with Crippen molar-refractivity contribution in [2.75, 3.05) is 20.8 Å². The molecule has 0 aliphatic rings. The van der Waals surface area contributed by atoms with Crippen LogP contribution < -0.4 is 14.8 Å². The molecule has 0 saturated heterocycles. The number of thiophene rings is 1. The molecule has 1 aromatic carbocycles.